The van der Waals surface area contributed by atoms with Crippen molar-refractivity contribution in [3.8, 4) is 5.75 Å². The molecule has 0 aliphatic carbocycles. The normalized spacial score (nSPS) is 12.4. The minimum Gasteiger partial charge on any atom is -0.507 e. The zero-order valence-corrected chi connectivity index (χ0v) is 9.08. The van der Waals surface area contributed by atoms with Gasteiger partial charge in [-0.15, -0.1) is 0 Å². The Balaban J connectivity index is 3.05. The van der Waals surface area contributed by atoms with Crippen molar-refractivity contribution in [1.82, 2.24) is 0 Å². The Kier molecular flexibility index (Phi) is 3.95. The zero-order chi connectivity index (χ0) is 13.9. The SMILES string of the molecule is COc1ccc(C(O)=CC(=O)C(F)(F)F)cc1F. The van der Waals surface area contributed by atoms with Crippen molar-refractivity contribution in [2.24, 2.45) is 0 Å². The third kappa shape index (κ3) is 3.22. The molecule has 0 amide bonds. The van der Waals surface area contributed by atoms with Crippen molar-refractivity contribution in [3.05, 3.63) is 35.7 Å². The lowest BCUT2D eigenvalue weighted by Gasteiger charge is -2.05. The number of carbonyl (C=O) groups is 1. The second-order valence-corrected chi connectivity index (χ2v) is 3.24. The quantitative estimate of drug-likeness (QED) is 0.518. The number of ketones is 1. The molecular weight excluding hydrogens is 256 g/mol. The Morgan fingerprint density at radius 1 is 1.39 bits per heavy atom. The van der Waals surface area contributed by atoms with Gasteiger partial charge in [0.2, 0.25) is 0 Å². The van der Waals surface area contributed by atoms with E-state index in [-0.39, 0.29) is 17.4 Å². The summed E-state index contributed by atoms with van der Waals surface area (Å²) in [6.45, 7) is 0. The first kappa shape index (κ1) is 14.0. The van der Waals surface area contributed by atoms with Crippen molar-refractivity contribution >= 4 is 11.5 Å². The van der Waals surface area contributed by atoms with Gasteiger partial charge in [0.25, 0.3) is 5.78 Å². The summed E-state index contributed by atoms with van der Waals surface area (Å²) in [5, 5.41) is 9.28. The molecule has 98 valence electrons. The molecular formula is C11H8F4O3. The van der Waals surface area contributed by atoms with Gasteiger partial charge in [0.05, 0.1) is 7.11 Å². The van der Waals surface area contributed by atoms with E-state index in [2.05, 4.69) is 4.74 Å². The van der Waals surface area contributed by atoms with Crippen LogP contribution >= 0.6 is 0 Å². The number of halogens is 4. The molecule has 1 aromatic rings. The van der Waals surface area contributed by atoms with Crippen molar-refractivity contribution in [1.29, 1.82) is 0 Å². The maximum absolute atomic E-state index is 13.2. The first-order chi connectivity index (χ1) is 8.25. The molecule has 0 spiro atoms. The maximum Gasteiger partial charge on any atom is 0.454 e. The van der Waals surface area contributed by atoms with E-state index in [1.54, 1.807) is 0 Å². The van der Waals surface area contributed by atoms with Gasteiger partial charge in [0.1, 0.15) is 5.76 Å². The van der Waals surface area contributed by atoms with Gasteiger partial charge in [0.15, 0.2) is 11.6 Å². The van der Waals surface area contributed by atoms with Crippen LogP contribution < -0.4 is 4.74 Å². The second kappa shape index (κ2) is 5.07. The Hall–Kier alpha value is -2.05. The third-order valence-corrected chi connectivity index (χ3v) is 1.99. The van der Waals surface area contributed by atoms with E-state index in [1.807, 2.05) is 0 Å². The fourth-order valence-electron chi connectivity index (χ4n) is 1.12. The average Bonchev–Trinajstić information content (AvgIpc) is 2.27. The number of carbonyl (C=O) groups excluding carboxylic acids is 1. The summed E-state index contributed by atoms with van der Waals surface area (Å²) in [5.74, 6) is -4.20. The van der Waals surface area contributed by atoms with E-state index in [0.717, 1.165) is 18.2 Å². The Bertz CT molecular complexity index is 492. The van der Waals surface area contributed by atoms with Crippen molar-refractivity contribution in [3.63, 3.8) is 0 Å². The molecule has 0 aliphatic rings. The lowest BCUT2D eigenvalue weighted by molar-refractivity contribution is -0.165. The molecule has 0 saturated carbocycles. The average molecular weight is 264 g/mol. The molecule has 18 heavy (non-hydrogen) atoms. The van der Waals surface area contributed by atoms with Crippen LogP contribution in [0, 0.1) is 5.82 Å². The van der Waals surface area contributed by atoms with Gasteiger partial charge in [-0.25, -0.2) is 4.39 Å². The van der Waals surface area contributed by atoms with Crippen LogP contribution in [0.1, 0.15) is 5.56 Å². The smallest absolute Gasteiger partial charge is 0.454 e. The predicted molar refractivity (Wildman–Crippen MR) is 54.6 cm³/mol. The van der Waals surface area contributed by atoms with Crippen LogP contribution in [0.15, 0.2) is 24.3 Å². The number of aliphatic hydroxyl groups is 1. The minimum absolute atomic E-state index is 0.0126. The van der Waals surface area contributed by atoms with E-state index < -0.39 is 23.5 Å². The predicted octanol–water partition coefficient (Wildman–Crippen LogP) is 2.86. The van der Waals surface area contributed by atoms with Gasteiger partial charge in [-0.05, 0) is 18.2 Å². The Morgan fingerprint density at radius 3 is 2.44 bits per heavy atom. The highest BCUT2D eigenvalue weighted by Crippen LogP contribution is 2.23. The second-order valence-electron chi connectivity index (χ2n) is 3.24. The molecule has 1 aromatic carbocycles. The molecule has 0 saturated heterocycles. The summed E-state index contributed by atoms with van der Waals surface area (Å²) in [7, 11) is 1.21. The highest BCUT2D eigenvalue weighted by atomic mass is 19.4. The lowest BCUT2D eigenvalue weighted by Crippen LogP contribution is -2.20. The van der Waals surface area contributed by atoms with Crippen molar-refractivity contribution < 1.29 is 32.2 Å². The largest absolute Gasteiger partial charge is 0.507 e. The summed E-state index contributed by atoms with van der Waals surface area (Å²) in [4.78, 5) is 10.6. The summed E-state index contributed by atoms with van der Waals surface area (Å²) in [5.41, 5.74) is -0.258. The maximum atomic E-state index is 13.2. The molecule has 7 heteroatoms. The highest BCUT2D eigenvalue weighted by Gasteiger charge is 2.37. The van der Waals surface area contributed by atoms with Gasteiger partial charge in [0, 0.05) is 11.6 Å². The van der Waals surface area contributed by atoms with Crippen LogP contribution in [0.2, 0.25) is 0 Å². The van der Waals surface area contributed by atoms with E-state index in [9.17, 15) is 27.5 Å². The number of aliphatic hydroxyl groups excluding tert-OH is 1. The monoisotopic (exact) mass is 264 g/mol. The molecule has 0 unspecified atom stereocenters. The van der Waals surface area contributed by atoms with Crippen LogP contribution in [0.4, 0.5) is 17.6 Å². The number of hydrogen-bond donors (Lipinski definition) is 1. The van der Waals surface area contributed by atoms with Gasteiger partial charge < -0.3 is 9.84 Å². The van der Waals surface area contributed by atoms with Crippen LogP contribution in [-0.2, 0) is 4.79 Å². The summed E-state index contributed by atoms with van der Waals surface area (Å²) < 4.78 is 53.6. The molecule has 1 rings (SSSR count). The summed E-state index contributed by atoms with van der Waals surface area (Å²) in [6.07, 6.45) is -5.10. The zero-order valence-electron chi connectivity index (χ0n) is 9.08. The highest BCUT2D eigenvalue weighted by molar-refractivity contribution is 5.99. The lowest BCUT2D eigenvalue weighted by atomic mass is 10.1. The first-order valence-electron chi connectivity index (χ1n) is 4.61. The van der Waals surface area contributed by atoms with Gasteiger partial charge >= 0.3 is 6.18 Å². The topological polar surface area (TPSA) is 46.5 Å². The first-order valence-corrected chi connectivity index (χ1v) is 4.61. The van der Waals surface area contributed by atoms with Crippen LogP contribution in [0.3, 0.4) is 0 Å². The molecule has 0 fully saturated rings. The fraction of sp³-hybridized carbons (Fsp3) is 0.182. The number of methoxy groups -OCH3 is 1. The van der Waals surface area contributed by atoms with Crippen molar-refractivity contribution in [2.75, 3.05) is 7.11 Å². The number of allylic oxidation sites excluding steroid dienone is 1. The van der Waals surface area contributed by atoms with E-state index in [4.69, 9.17) is 0 Å². The number of alkyl halides is 3. The summed E-state index contributed by atoms with van der Waals surface area (Å²) >= 11 is 0. The van der Waals surface area contributed by atoms with Gasteiger partial charge in [-0.2, -0.15) is 13.2 Å². The molecule has 0 heterocycles. The van der Waals surface area contributed by atoms with Crippen LogP contribution in [-0.4, -0.2) is 24.2 Å². The van der Waals surface area contributed by atoms with E-state index in [1.165, 1.54) is 7.11 Å². The Morgan fingerprint density at radius 2 is 2.00 bits per heavy atom. The summed E-state index contributed by atoms with van der Waals surface area (Å²) in [6, 6.07) is 3.00. The minimum atomic E-state index is -5.08. The van der Waals surface area contributed by atoms with Crippen LogP contribution in [0.5, 0.6) is 5.75 Å². The number of benzene rings is 1. The Labute approximate surface area is 99.3 Å². The van der Waals surface area contributed by atoms with E-state index >= 15 is 0 Å². The molecule has 3 nitrogen and oxygen atoms in total. The number of hydrogen-bond acceptors (Lipinski definition) is 3. The third-order valence-electron chi connectivity index (χ3n) is 1.99. The van der Waals surface area contributed by atoms with E-state index in [0.29, 0.717) is 0 Å². The molecule has 0 aliphatic heterocycles. The standard InChI is InChI=1S/C11H8F4O3/c1-18-9-3-2-6(4-7(9)12)8(16)5-10(17)11(13,14)15/h2-5,16H,1H3. The van der Waals surface area contributed by atoms with Crippen molar-refractivity contribution in [2.45, 2.75) is 6.18 Å². The van der Waals surface area contributed by atoms with Gasteiger partial charge in [-0.3, -0.25) is 4.79 Å². The molecule has 0 radical (unpaired) electrons. The molecule has 0 bridgehead atoms. The molecule has 0 aromatic heterocycles. The number of ether oxygens (including phenoxy) is 1. The fourth-order valence-corrected chi connectivity index (χ4v) is 1.12. The number of rotatable bonds is 3. The molecule has 0 atom stereocenters. The van der Waals surface area contributed by atoms with Crippen LogP contribution in [0.25, 0.3) is 5.76 Å². The molecule has 1 N–H and O–H groups in total. The van der Waals surface area contributed by atoms with Gasteiger partial charge in [-0.1, -0.05) is 0 Å².